The molecule has 1 aliphatic heterocycles. The van der Waals surface area contributed by atoms with Crippen LogP contribution < -0.4 is 9.47 Å². The van der Waals surface area contributed by atoms with E-state index in [9.17, 15) is 4.39 Å². The summed E-state index contributed by atoms with van der Waals surface area (Å²) in [6, 6.07) is 11.1. The standard InChI is InChI=1S/C27H38FNO3/c1-3-5-7-8-9-11-19-30-22-15-13-21(14-16-22)23-17-18-25(27(28)29-23)31-20-26-24(32-26)12-10-6-4-2/h13-18,24,26H,3-12,19-20H2,1-2H3/t24-,26-/m0/s1. The van der Waals surface area contributed by atoms with E-state index in [2.05, 4.69) is 18.8 Å². The van der Waals surface area contributed by atoms with E-state index in [-0.39, 0.29) is 18.0 Å². The predicted molar refractivity (Wildman–Crippen MR) is 127 cm³/mol. The molecule has 0 unspecified atom stereocenters. The first-order valence-electron chi connectivity index (χ1n) is 12.4. The Morgan fingerprint density at radius 3 is 2.28 bits per heavy atom. The van der Waals surface area contributed by atoms with Crippen LogP contribution in [0.3, 0.4) is 0 Å². The number of aromatic nitrogens is 1. The number of pyridine rings is 1. The molecule has 0 aliphatic carbocycles. The highest BCUT2D eigenvalue weighted by Gasteiger charge is 2.38. The second kappa shape index (κ2) is 13.4. The van der Waals surface area contributed by atoms with Crippen molar-refractivity contribution in [3.8, 4) is 22.8 Å². The minimum absolute atomic E-state index is 0.0785. The molecule has 32 heavy (non-hydrogen) atoms. The number of rotatable bonds is 16. The Kier molecular flexibility index (Phi) is 10.3. The number of hydrogen-bond donors (Lipinski definition) is 0. The van der Waals surface area contributed by atoms with Crippen molar-refractivity contribution in [1.29, 1.82) is 0 Å². The predicted octanol–water partition coefficient (Wildman–Crippen LogP) is 7.35. The van der Waals surface area contributed by atoms with Gasteiger partial charge in [0.05, 0.1) is 18.4 Å². The highest BCUT2D eigenvalue weighted by atomic mass is 19.1. The number of benzene rings is 1. The molecule has 176 valence electrons. The summed E-state index contributed by atoms with van der Waals surface area (Å²) in [6.07, 6.45) is 12.5. The van der Waals surface area contributed by atoms with Crippen molar-refractivity contribution in [2.75, 3.05) is 13.2 Å². The average Bonchev–Trinajstić information content (AvgIpc) is 3.56. The maximum atomic E-state index is 14.4. The molecule has 0 N–H and O–H groups in total. The highest BCUT2D eigenvalue weighted by molar-refractivity contribution is 5.60. The van der Waals surface area contributed by atoms with Gasteiger partial charge in [-0.05, 0) is 49.2 Å². The Morgan fingerprint density at radius 1 is 0.812 bits per heavy atom. The molecule has 2 aromatic rings. The zero-order valence-corrected chi connectivity index (χ0v) is 19.7. The van der Waals surface area contributed by atoms with Crippen molar-refractivity contribution in [2.24, 2.45) is 0 Å². The topological polar surface area (TPSA) is 43.9 Å². The molecule has 0 radical (unpaired) electrons. The zero-order chi connectivity index (χ0) is 22.6. The monoisotopic (exact) mass is 443 g/mol. The summed E-state index contributed by atoms with van der Waals surface area (Å²) in [5.74, 6) is 0.421. The maximum Gasteiger partial charge on any atom is 0.255 e. The second-order valence-electron chi connectivity index (χ2n) is 8.65. The lowest BCUT2D eigenvalue weighted by atomic mass is 10.1. The van der Waals surface area contributed by atoms with Gasteiger partial charge in [0.15, 0.2) is 5.75 Å². The molecule has 0 amide bonds. The fraction of sp³-hybridized carbons (Fsp3) is 0.593. The summed E-state index contributed by atoms with van der Waals surface area (Å²) in [7, 11) is 0. The molecule has 0 bridgehead atoms. The number of hydrogen-bond acceptors (Lipinski definition) is 4. The normalized spacial score (nSPS) is 17.3. The van der Waals surface area contributed by atoms with Crippen molar-refractivity contribution in [1.82, 2.24) is 4.98 Å². The molecule has 2 atom stereocenters. The molecule has 4 nitrogen and oxygen atoms in total. The molecule has 2 heterocycles. The van der Waals surface area contributed by atoms with Gasteiger partial charge in [0.1, 0.15) is 18.5 Å². The summed E-state index contributed by atoms with van der Waals surface area (Å²) >= 11 is 0. The number of epoxide rings is 1. The van der Waals surface area contributed by atoms with E-state index in [1.165, 1.54) is 51.4 Å². The van der Waals surface area contributed by atoms with Crippen molar-refractivity contribution in [3.05, 3.63) is 42.3 Å². The summed E-state index contributed by atoms with van der Waals surface area (Å²) in [6.45, 7) is 5.52. The molecule has 0 saturated carbocycles. The van der Waals surface area contributed by atoms with Crippen LogP contribution in [0.25, 0.3) is 11.3 Å². The van der Waals surface area contributed by atoms with Gasteiger partial charge in [-0.2, -0.15) is 4.39 Å². The lowest BCUT2D eigenvalue weighted by molar-refractivity contribution is 0.248. The third-order valence-corrected chi connectivity index (χ3v) is 5.91. The van der Waals surface area contributed by atoms with Gasteiger partial charge < -0.3 is 14.2 Å². The van der Waals surface area contributed by atoms with Crippen molar-refractivity contribution in [3.63, 3.8) is 0 Å². The first-order chi connectivity index (χ1) is 15.7. The first kappa shape index (κ1) is 24.5. The first-order valence-corrected chi connectivity index (χ1v) is 12.4. The van der Waals surface area contributed by atoms with Crippen LogP contribution in [0, 0.1) is 5.95 Å². The Bertz CT molecular complexity index is 796. The zero-order valence-electron chi connectivity index (χ0n) is 19.7. The molecule has 1 aliphatic rings. The molecule has 1 aromatic carbocycles. The van der Waals surface area contributed by atoms with E-state index in [0.29, 0.717) is 12.3 Å². The minimum atomic E-state index is -0.589. The smallest absolute Gasteiger partial charge is 0.255 e. The van der Waals surface area contributed by atoms with E-state index >= 15 is 0 Å². The van der Waals surface area contributed by atoms with Crippen LogP contribution >= 0.6 is 0 Å². The van der Waals surface area contributed by atoms with Crippen molar-refractivity contribution >= 4 is 0 Å². The van der Waals surface area contributed by atoms with E-state index in [0.717, 1.165) is 30.8 Å². The second-order valence-corrected chi connectivity index (χ2v) is 8.65. The van der Waals surface area contributed by atoms with Crippen LogP contribution in [-0.4, -0.2) is 30.4 Å². The van der Waals surface area contributed by atoms with Gasteiger partial charge in [-0.25, -0.2) is 4.98 Å². The number of halogens is 1. The van der Waals surface area contributed by atoms with Gasteiger partial charge in [0.25, 0.3) is 5.95 Å². The Labute approximate surface area is 192 Å². The number of nitrogens with zero attached hydrogens (tertiary/aromatic N) is 1. The number of unbranched alkanes of at least 4 members (excludes halogenated alkanes) is 7. The quantitative estimate of drug-likeness (QED) is 0.154. The fourth-order valence-corrected chi connectivity index (χ4v) is 3.83. The molecule has 3 rings (SSSR count). The summed E-state index contributed by atoms with van der Waals surface area (Å²) < 4.78 is 31.5. The van der Waals surface area contributed by atoms with Crippen LogP contribution in [0.1, 0.15) is 78.1 Å². The van der Waals surface area contributed by atoms with E-state index < -0.39 is 5.95 Å². The largest absolute Gasteiger partial charge is 0.494 e. The molecule has 5 heteroatoms. The van der Waals surface area contributed by atoms with E-state index in [1.807, 2.05) is 24.3 Å². The van der Waals surface area contributed by atoms with Gasteiger partial charge in [-0.3, -0.25) is 0 Å². The van der Waals surface area contributed by atoms with E-state index in [4.69, 9.17) is 14.2 Å². The minimum Gasteiger partial charge on any atom is -0.494 e. The SMILES string of the molecule is CCCCCCCCOc1ccc(-c2ccc(OC[C@@H]3O[C@H]3CCCCC)c(F)n2)cc1. The highest BCUT2D eigenvalue weighted by Crippen LogP contribution is 2.29. The van der Waals surface area contributed by atoms with Gasteiger partial charge in [0, 0.05) is 5.56 Å². The molecular formula is C27H38FNO3. The fourth-order valence-electron chi connectivity index (χ4n) is 3.83. The molecule has 1 fully saturated rings. The molecular weight excluding hydrogens is 405 g/mol. The molecule has 0 spiro atoms. The summed E-state index contributed by atoms with van der Waals surface area (Å²) in [5.41, 5.74) is 1.43. The summed E-state index contributed by atoms with van der Waals surface area (Å²) in [4.78, 5) is 4.09. The lowest BCUT2D eigenvalue weighted by Crippen LogP contribution is -2.09. The molecule has 1 saturated heterocycles. The maximum absolute atomic E-state index is 14.4. The van der Waals surface area contributed by atoms with E-state index in [1.54, 1.807) is 12.1 Å². The molecule has 1 aromatic heterocycles. The van der Waals surface area contributed by atoms with Crippen LogP contribution in [-0.2, 0) is 4.74 Å². The average molecular weight is 444 g/mol. The summed E-state index contributed by atoms with van der Waals surface area (Å²) in [5, 5.41) is 0. The van der Waals surface area contributed by atoms with Gasteiger partial charge in [-0.1, -0.05) is 65.2 Å². The van der Waals surface area contributed by atoms with Crippen molar-refractivity contribution in [2.45, 2.75) is 90.3 Å². The van der Waals surface area contributed by atoms with Crippen LogP contribution in [0.2, 0.25) is 0 Å². The van der Waals surface area contributed by atoms with Gasteiger partial charge in [-0.15, -0.1) is 0 Å². The Hall–Kier alpha value is -2.14. The van der Waals surface area contributed by atoms with Gasteiger partial charge in [0.2, 0.25) is 0 Å². The van der Waals surface area contributed by atoms with Crippen LogP contribution in [0.15, 0.2) is 36.4 Å². The van der Waals surface area contributed by atoms with Crippen LogP contribution in [0.5, 0.6) is 11.5 Å². The third kappa shape index (κ3) is 8.09. The lowest BCUT2D eigenvalue weighted by Gasteiger charge is -2.09. The van der Waals surface area contributed by atoms with Crippen molar-refractivity contribution < 1.29 is 18.6 Å². The Balaban J connectivity index is 1.40. The Morgan fingerprint density at radius 2 is 1.53 bits per heavy atom. The number of ether oxygens (including phenoxy) is 3. The van der Waals surface area contributed by atoms with Gasteiger partial charge >= 0.3 is 0 Å². The third-order valence-electron chi connectivity index (χ3n) is 5.91. The van der Waals surface area contributed by atoms with Crippen LogP contribution in [0.4, 0.5) is 4.39 Å².